The van der Waals surface area contributed by atoms with Gasteiger partial charge in [-0.15, -0.1) is 0 Å². The molecule has 0 amide bonds. The van der Waals surface area contributed by atoms with Crippen molar-refractivity contribution in [2.24, 2.45) is 0 Å². The van der Waals surface area contributed by atoms with Crippen LogP contribution >= 0.6 is 0 Å². The molecule has 0 atom stereocenters. The third kappa shape index (κ3) is 2.11. The quantitative estimate of drug-likeness (QED) is 0.338. The number of rotatable bonds is 1. The molecule has 0 rings (SSSR count). The Labute approximate surface area is 42.5 Å². The first-order valence-electron chi connectivity index (χ1n) is 1.56. The van der Waals surface area contributed by atoms with E-state index in [1.165, 1.54) is 6.92 Å². The van der Waals surface area contributed by atoms with E-state index in [0.29, 0.717) is 6.29 Å². The summed E-state index contributed by atoms with van der Waals surface area (Å²) in [5.41, 5.74) is 0. The van der Waals surface area contributed by atoms with Crippen LogP contribution in [0.1, 0.15) is 6.92 Å². The summed E-state index contributed by atoms with van der Waals surface area (Å²) >= 11 is 0. The molecule has 4 heteroatoms. The first-order chi connectivity index (χ1) is 3.18. The zero-order chi connectivity index (χ0) is 5.86. The van der Waals surface area contributed by atoms with E-state index in [2.05, 4.69) is 0 Å². The van der Waals surface area contributed by atoms with E-state index < -0.39 is 10.3 Å². The Morgan fingerprint density at radius 3 is 2.00 bits per heavy atom. The lowest BCUT2D eigenvalue weighted by atomic mass is 10.6. The largest absolute Gasteiger partial charge is 0.297 e. The lowest BCUT2D eigenvalue weighted by Gasteiger charge is -1.64. The molecular weight excluding hydrogens is 116 g/mol. The third-order valence-electron chi connectivity index (χ3n) is 0.429. The molecule has 0 fully saturated rings. The molecule has 0 saturated heterocycles. The van der Waals surface area contributed by atoms with Gasteiger partial charge in [-0.1, -0.05) is 0 Å². The van der Waals surface area contributed by atoms with Crippen LogP contribution in [0.15, 0.2) is 0 Å². The number of aldehydes is 1. The van der Waals surface area contributed by atoms with E-state index in [4.69, 9.17) is 0 Å². The lowest BCUT2D eigenvalue weighted by molar-refractivity contribution is -0.102. The van der Waals surface area contributed by atoms with Gasteiger partial charge >= 0.3 is 0 Å². The fraction of sp³-hybridized carbons (Fsp3) is 0.333. The normalized spacial score (nSPS) is 7.57. The summed E-state index contributed by atoms with van der Waals surface area (Å²) in [5.74, 6) is 0. The van der Waals surface area contributed by atoms with Gasteiger partial charge in [-0.05, 0) is 6.92 Å². The molecule has 0 N–H and O–H groups in total. The predicted molar refractivity (Wildman–Crippen MR) is 25.7 cm³/mol. The molecule has 0 aliphatic heterocycles. The molecule has 3 nitrogen and oxygen atoms in total. The highest BCUT2D eigenvalue weighted by Gasteiger charge is 1.82. The van der Waals surface area contributed by atoms with Crippen molar-refractivity contribution < 1.29 is 13.2 Å². The van der Waals surface area contributed by atoms with Gasteiger partial charge in [-0.2, -0.15) is 8.42 Å². The lowest BCUT2D eigenvalue weighted by Crippen LogP contribution is -1.90. The summed E-state index contributed by atoms with van der Waals surface area (Å²) in [6.45, 7) is 1.23. The Hall–Kier alpha value is -0.640. The number of hydrogen-bond donors (Lipinski definition) is 0. The van der Waals surface area contributed by atoms with Gasteiger partial charge in [0.05, 0.1) is 0 Å². The number of carbonyl (C=O) groups excluding carboxylic acids is 1. The van der Waals surface area contributed by atoms with Gasteiger partial charge < -0.3 is 0 Å². The van der Waals surface area contributed by atoms with Gasteiger partial charge in [0.25, 0.3) is 0 Å². The van der Waals surface area contributed by atoms with Crippen LogP contribution in [-0.4, -0.2) is 19.6 Å². The maximum absolute atomic E-state index is 9.66. The molecule has 0 aromatic heterocycles. The third-order valence-corrected chi connectivity index (χ3v) is 1.05. The van der Waals surface area contributed by atoms with Crippen LogP contribution in [0.5, 0.6) is 0 Å². The van der Waals surface area contributed by atoms with Crippen LogP contribution in [0.25, 0.3) is 0 Å². The number of carbonyl (C=O) groups is 1. The first-order valence-corrected chi connectivity index (χ1v) is 2.64. The van der Waals surface area contributed by atoms with Crippen molar-refractivity contribution in [3.8, 4) is 0 Å². The second kappa shape index (κ2) is 2.52. The minimum Gasteiger partial charge on any atom is -0.297 e. The van der Waals surface area contributed by atoms with Crippen LogP contribution < -0.4 is 0 Å². The molecule has 0 bridgehead atoms. The van der Waals surface area contributed by atoms with Gasteiger partial charge in [-0.3, -0.25) is 4.79 Å². The fourth-order valence-electron chi connectivity index (χ4n) is 0.0393. The molecule has 0 radical (unpaired) electrons. The van der Waals surface area contributed by atoms with Crippen molar-refractivity contribution in [3.05, 3.63) is 0 Å². The van der Waals surface area contributed by atoms with Crippen LogP contribution in [0.3, 0.4) is 0 Å². The van der Waals surface area contributed by atoms with Crippen LogP contribution in [0.4, 0.5) is 0 Å². The van der Waals surface area contributed by atoms with E-state index in [1.54, 1.807) is 0 Å². The molecule has 0 aromatic carbocycles. The summed E-state index contributed by atoms with van der Waals surface area (Å²) < 4.78 is 19.3. The Morgan fingerprint density at radius 1 is 1.57 bits per heavy atom. The average Bonchev–Trinajstić information content (AvgIpc) is 1.65. The Bertz CT molecular complexity index is 178. The van der Waals surface area contributed by atoms with Gasteiger partial charge in [0, 0.05) is 0 Å². The van der Waals surface area contributed by atoms with E-state index in [9.17, 15) is 13.2 Å². The highest BCUT2D eigenvalue weighted by atomic mass is 32.2. The molecule has 0 unspecified atom stereocenters. The van der Waals surface area contributed by atoms with Gasteiger partial charge in [0.2, 0.25) is 10.3 Å². The Morgan fingerprint density at radius 2 is 2.00 bits per heavy atom. The molecule has 0 heterocycles. The van der Waals surface area contributed by atoms with Gasteiger partial charge in [0.15, 0.2) is 6.29 Å². The molecule has 7 heavy (non-hydrogen) atoms. The second-order valence-electron chi connectivity index (χ2n) is 0.963. The van der Waals surface area contributed by atoms with Crippen molar-refractivity contribution in [2.75, 3.05) is 0 Å². The van der Waals surface area contributed by atoms with E-state index >= 15 is 0 Å². The summed E-state index contributed by atoms with van der Waals surface area (Å²) in [5, 5.41) is 0. The zero-order valence-electron chi connectivity index (χ0n) is 3.71. The van der Waals surface area contributed by atoms with Crippen LogP contribution in [0.2, 0.25) is 0 Å². The van der Waals surface area contributed by atoms with Gasteiger partial charge in [-0.25, -0.2) is 0 Å². The molecule has 0 spiro atoms. The maximum Gasteiger partial charge on any atom is 0.220 e. The minimum absolute atomic E-state index is 0.167. The van der Waals surface area contributed by atoms with Crippen molar-refractivity contribution in [1.82, 2.24) is 0 Å². The summed E-state index contributed by atoms with van der Waals surface area (Å²) in [7, 11) is -2.31. The summed E-state index contributed by atoms with van der Waals surface area (Å²) in [4.78, 5) is 9.35. The Balaban J connectivity index is 4.67. The summed E-state index contributed by atoms with van der Waals surface area (Å²) in [6.07, 6.45) is 0.295. The number of hydrogen-bond acceptors (Lipinski definition) is 3. The topological polar surface area (TPSA) is 51.2 Å². The molecule has 0 aliphatic rings. The molecular formula is C3H4O3S. The SMILES string of the molecule is CC(C=O)=S(=O)=O. The van der Waals surface area contributed by atoms with E-state index in [-0.39, 0.29) is 4.86 Å². The second-order valence-corrected chi connectivity index (χ2v) is 2.08. The van der Waals surface area contributed by atoms with E-state index in [0.717, 1.165) is 0 Å². The van der Waals surface area contributed by atoms with E-state index in [1.807, 2.05) is 0 Å². The van der Waals surface area contributed by atoms with Gasteiger partial charge in [0.1, 0.15) is 4.86 Å². The highest BCUT2D eigenvalue weighted by Crippen LogP contribution is 1.56. The van der Waals surface area contributed by atoms with Crippen molar-refractivity contribution in [2.45, 2.75) is 6.92 Å². The van der Waals surface area contributed by atoms with Crippen molar-refractivity contribution in [1.29, 1.82) is 0 Å². The standard InChI is InChI=1S/C3H4O3S/c1-3(2-4)7(5)6/h2H,1H3. The highest BCUT2D eigenvalue weighted by molar-refractivity contribution is 7.74. The zero-order valence-corrected chi connectivity index (χ0v) is 4.53. The monoisotopic (exact) mass is 120 g/mol. The van der Waals surface area contributed by atoms with Crippen molar-refractivity contribution in [3.63, 3.8) is 0 Å². The van der Waals surface area contributed by atoms with Crippen LogP contribution in [-0.2, 0) is 15.1 Å². The van der Waals surface area contributed by atoms with Crippen molar-refractivity contribution >= 4 is 21.4 Å². The maximum atomic E-state index is 9.66. The van der Waals surface area contributed by atoms with Crippen LogP contribution in [0, 0.1) is 0 Å². The molecule has 40 valence electrons. The predicted octanol–water partition coefficient (Wildman–Crippen LogP) is -0.743. The molecule has 0 aromatic rings. The summed E-state index contributed by atoms with van der Waals surface area (Å²) in [6, 6.07) is 0. The smallest absolute Gasteiger partial charge is 0.220 e. The minimum atomic E-state index is -2.31. The Kier molecular flexibility index (Phi) is 2.29. The average molecular weight is 120 g/mol. The molecule has 0 saturated carbocycles. The molecule has 0 aliphatic carbocycles. The fourth-order valence-corrected chi connectivity index (χ4v) is 0.118. The first kappa shape index (κ1) is 6.36.